The van der Waals surface area contributed by atoms with E-state index in [2.05, 4.69) is 55.6 Å². The van der Waals surface area contributed by atoms with Crippen LogP contribution in [0.2, 0.25) is 0 Å². The third kappa shape index (κ3) is 56.0. The molecule has 11 nitrogen and oxygen atoms in total. The first-order valence-electron chi connectivity index (χ1n) is 38.9. The van der Waals surface area contributed by atoms with Crippen LogP contribution in [0.25, 0.3) is 0 Å². The van der Waals surface area contributed by atoms with Gasteiger partial charge in [-0.1, -0.05) is 339 Å². The molecule has 1 aliphatic rings. The molecule has 0 aromatic rings. The first kappa shape index (κ1) is 85.6. The van der Waals surface area contributed by atoms with Gasteiger partial charge in [-0.05, 0) is 77.0 Å². The molecule has 6 N–H and O–H groups in total. The maximum Gasteiger partial charge on any atom is 0.305 e. The van der Waals surface area contributed by atoms with Gasteiger partial charge in [0.15, 0.2) is 6.29 Å². The number of aliphatic hydroxyl groups excluding tert-OH is 5. The lowest BCUT2D eigenvalue weighted by Gasteiger charge is -2.40. The van der Waals surface area contributed by atoms with Gasteiger partial charge in [0.25, 0.3) is 0 Å². The Morgan fingerprint density at radius 2 is 0.756 bits per heavy atom. The number of esters is 1. The molecule has 1 amide bonds. The lowest BCUT2D eigenvalue weighted by Crippen LogP contribution is -2.60. The Hall–Kier alpha value is -2.38. The van der Waals surface area contributed by atoms with Crippen molar-refractivity contribution in [2.45, 2.75) is 423 Å². The molecule has 1 saturated heterocycles. The van der Waals surface area contributed by atoms with Crippen LogP contribution in [0.15, 0.2) is 48.6 Å². The molecule has 0 saturated carbocycles. The molecular formula is C79H147NO10. The lowest BCUT2D eigenvalue weighted by atomic mass is 9.99. The van der Waals surface area contributed by atoms with Gasteiger partial charge in [0.05, 0.1) is 32.0 Å². The Labute approximate surface area is 555 Å². The molecule has 1 rings (SSSR count). The number of carbonyl (C=O) groups is 2. The van der Waals surface area contributed by atoms with E-state index in [1.165, 1.54) is 295 Å². The van der Waals surface area contributed by atoms with E-state index in [-0.39, 0.29) is 18.5 Å². The number of allylic oxidation sites excluding steroid dienone is 7. The molecule has 0 radical (unpaired) electrons. The van der Waals surface area contributed by atoms with Crippen molar-refractivity contribution in [3.63, 3.8) is 0 Å². The van der Waals surface area contributed by atoms with Gasteiger partial charge < -0.3 is 45.1 Å². The van der Waals surface area contributed by atoms with Crippen LogP contribution in [0.1, 0.15) is 380 Å². The van der Waals surface area contributed by atoms with Crippen LogP contribution in [0.5, 0.6) is 0 Å². The Morgan fingerprint density at radius 3 is 1.19 bits per heavy atom. The zero-order valence-corrected chi connectivity index (χ0v) is 58.9. The normalized spacial score (nSPS) is 17.9. The average molecular weight is 1270 g/mol. The van der Waals surface area contributed by atoms with Crippen LogP contribution < -0.4 is 5.32 Å². The van der Waals surface area contributed by atoms with Crippen LogP contribution in [0, 0.1) is 0 Å². The Bertz CT molecular complexity index is 1630. The number of unbranched alkanes of at least 4 members (excludes halogenated alkanes) is 49. The van der Waals surface area contributed by atoms with Crippen LogP contribution in [-0.2, 0) is 23.8 Å². The van der Waals surface area contributed by atoms with Crippen molar-refractivity contribution >= 4 is 11.9 Å². The standard InChI is InChI=1S/C79H147NO10/c1-3-5-7-9-11-13-14-15-16-41-44-47-51-55-59-63-67-75(84)88-68-64-60-56-52-48-45-42-39-37-35-33-31-29-27-25-23-21-19-17-18-20-22-24-26-28-30-32-34-36-38-40-43-46-50-54-58-62-66-74(83)80-71(72(82)65-61-57-53-49-12-10-8-6-4-2)70-89-79-78(87)77(86)76(85)73(69-81)90-79/h12,17,19,23,25,49,61,65,71-73,76-79,81-82,85-87H,3-11,13-16,18,20-22,24,26-48,50-60,62-64,66-70H2,1-2H3,(H,80,83)/b19-17-,25-23-,49-12+,65-61+. The number of ether oxygens (including phenoxy) is 3. The smallest absolute Gasteiger partial charge is 0.305 e. The van der Waals surface area contributed by atoms with Crippen LogP contribution in [-0.4, -0.2) is 100 Å². The number of aliphatic hydroxyl groups is 5. The van der Waals surface area contributed by atoms with Crippen molar-refractivity contribution < 1.29 is 49.3 Å². The minimum absolute atomic E-state index is 0.0162. The fourth-order valence-electron chi connectivity index (χ4n) is 12.3. The summed E-state index contributed by atoms with van der Waals surface area (Å²) in [5.74, 6) is -0.174. The van der Waals surface area contributed by atoms with Crippen molar-refractivity contribution in [3.05, 3.63) is 48.6 Å². The summed E-state index contributed by atoms with van der Waals surface area (Å²) in [6.07, 6.45) is 80.2. The minimum Gasteiger partial charge on any atom is -0.466 e. The number of nitrogens with one attached hydrogen (secondary N) is 1. The van der Waals surface area contributed by atoms with Gasteiger partial charge in [-0.15, -0.1) is 0 Å². The molecule has 0 aromatic carbocycles. The second-order valence-corrected chi connectivity index (χ2v) is 27.1. The highest BCUT2D eigenvalue weighted by Gasteiger charge is 2.44. The van der Waals surface area contributed by atoms with Gasteiger partial charge >= 0.3 is 5.97 Å². The molecule has 0 bridgehead atoms. The van der Waals surface area contributed by atoms with E-state index in [1.807, 2.05) is 6.08 Å². The molecule has 0 aliphatic carbocycles. The van der Waals surface area contributed by atoms with Crippen molar-refractivity contribution in [1.82, 2.24) is 5.32 Å². The second kappa shape index (κ2) is 68.0. The van der Waals surface area contributed by atoms with Crippen molar-refractivity contribution in [2.75, 3.05) is 19.8 Å². The molecule has 528 valence electrons. The molecule has 90 heavy (non-hydrogen) atoms. The van der Waals surface area contributed by atoms with E-state index in [9.17, 15) is 35.1 Å². The zero-order valence-electron chi connectivity index (χ0n) is 58.9. The van der Waals surface area contributed by atoms with Gasteiger partial charge in [0, 0.05) is 12.8 Å². The highest BCUT2D eigenvalue weighted by Crippen LogP contribution is 2.24. The number of amides is 1. The largest absolute Gasteiger partial charge is 0.466 e. The summed E-state index contributed by atoms with van der Waals surface area (Å²) in [6, 6.07) is -0.824. The molecule has 0 aromatic heterocycles. The van der Waals surface area contributed by atoms with E-state index in [0.29, 0.717) is 19.4 Å². The summed E-state index contributed by atoms with van der Waals surface area (Å²) in [5.41, 5.74) is 0. The predicted octanol–water partition coefficient (Wildman–Crippen LogP) is 20.7. The molecule has 7 atom stereocenters. The zero-order chi connectivity index (χ0) is 65.1. The van der Waals surface area contributed by atoms with E-state index in [4.69, 9.17) is 14.2 Å². The number of hydrogen-bond acceptors (Lipinski definition) is 10. The van der Waals surface area contributed by atoms with Gasteiger partial charge in [-0.3, -0.25) is 9.59 Å². The number of carbonyl (C=O) groups excluding carboxylic acids is 2. The van der Waals surface area contributed by atoms with E-state index >= 15 is 0 Å². The summed E-state index contributed by atoms with van der Waals surface area (Å²) < 4.78 is 16.7. The SMILES string of the molecule is CCCCC/C=C/CC/C=C/C(O)C(COC1OC(CO)C(O)C(O)C1O)NC(=O)CCCCCCCCCCCCCCCCCCC/C=C\C/C=C\CCCCCCCCCCCCCCCOC(=O)CCCCCCCCCCCCCCCCCC. The van der Waals surface area contributed by atoms with E-state index in [0.717, 1.165) is 57.8 Å². The van der Waals surface area contributed by atoms with Crippen molar-refractivity contribution in [2.24, 2.45) is 0 Å². The van der Waals surface area contributed by atoms with Gasteiger partial charge in [0.1, 0.15) is 24.4 Å². The molecule has 11 heteroatoms. The summed E-state index contributed by atoms with van der Waals surface area (Å²) in [7, 11) is 0. The summed E-state index contributed by atoms with van der Waals surface area (Å²) in [6.45, 7) is 4.32. The van der Waals surface area contributed by atoms with Gasteiger partial charge in [-0.2, -0.15) is 0 Å². The van der Waals surface area contributed by atoms with Gasteiger partial charge in [-0.25, -0.2) is 0 Å². The highest BCUT2D eigenvalue weighted by atomic mass is 16.7. The summed E-state index contributed by atoms with van der Waals surface area (Å²) in [5, 5.41) is 54.3. The van der Waals surface area contributed by atoms with Crippen LogP contribution in [0.4, 0.5) is 0 Å². The number of hydrogen-bond donors (Lipinski definition) is 6. The molecule has 1 fully saturated rings. The van der Waals surface area contributed by atoms with E-state index < -0.39 is 49.5 Å². The fraction of sp³-hybridized carbons (Fsp3) is 0.873. The van der Waals surface area contributed by atoms with Crippen molar-refractivity contribution in [1.29, 1.82) is 0 Å². The topological polar surface area (TPSA) is 175 Å². The van der Waals surface area contributed by atoms with E-state index in [1.54, 1.807) is 6.08 Å². The first-order chi connectivity index (χ1) is 44.2. The third-order valence-electron chi connectivity index (χ3n) is 18.4. The molecular weight excluding hydrogens is 1120 g/mol. The molecule has 1 aliphatic heterocycles. The van der Waals surface area contributed by atoms with Crippen molar-refractivity contribution in [3.8, 4) is 0 Å². The Morgan fingerprint density at radius 1 is 0.411 bits per heavy atom. The minimum atomic E-state index is -1.57. The third-order valence-corrected chi connectivity index (χ3v) is 18.4. The summed E-state index contributed by atoms with van der Waals surface area (Å²) >= 11 is 0. The molecule has 1 heterocycles. The fourth-order valence-corrected chi connectivity index (χ4v) is 12.3. The first-order valence-corrected chi connectivity index (χ1v) is 38.9. The monoisotopic (exact) mass is 1270 g/mol. The highest BCUT2D eigenvalue weighted by molar-refractivity contribution is 5.76. The predicted molar refractivity (Wildman–Crippen MR) is 380 cm³/mol. The maximum atomic E-state index is 13.0. The number of rotatable bonds is 69. The Balaban J connectivity index is 1.87. The van der Waals surface area contributed by atoms with Gasteiger partial charge in [0.2, 0.25) is 5.91 Å². The quantitative estimate of drug-likeness (QED) is 0.0195. The van der Waals surface area contributed by atoms with Crippen LogP contribution >= 0.6 is 0 Å². The molecule has 7 unspecified atom stereocenters. The average Bonchev–Trinajstić information content (AvgIpc) is 0.988. The lowest BCUT2D eigenvalue weighted by molar-refractivity contribution is -0.302. The Kier molecular flexibility index (Phi) is 64.7. The second-order valence-electron chi connectivity index (χ2n) is 27.1. The summed E-state index contributed by atoms with van der Waals surface area (Å²) in [4.78, 5) is 25.1. The molecule has 0 spiro atoms. The van der Waals surface area contributed by atoms with Crippen LogP contribution in [0.3, 0.4) is 0 Å². The maximum absolute atomic E-state index is 13.0.